The molecule has 0 aliphatic rings. The average molecular weight is 314 g/mol. The molecule has 2 N–H and O–H groups in total. The molecule has 0 atom stereocenters. The lowest BCUT2D eigenvalue weighted by Crippen LogP contribution is -2.27. The van der Waals surface area contributed by atoms with E-state index in [4.69, 9.17) is 21.4 Å². The van der Waals surface area contributed by atoms with Crippen molar-refractivity contribution in [2.45, 2.75) is 45.6 Å². The number of hydrogen-bond donors (Lipinski definition) is 2. The van der Waals surface area contributed by atoms with Crippen LogP contribution in [-0.2, 0) is 16.0 Å². The molecule has 0 bridgehead atoms. The minimum absolute atomic E-state index is 0.109. The highest BCUT2D eigenvalue weighted by Gasteiger charge is 2.17. The Balaban J connectivity index is 2.69. The monoisotopic (exact) mass is 313 g/mol. The number of hydrogen-bond acceptors (Lipinski definition) is 3. The fraction of sp³-hybridized carbons (Fsp3) is 0.467. The van der Waals surface area contributed by atoms with E-state index in [1.54, 1.807) is 32.9 Å². The fourth-order valence-corrected chi connectivity index (χ4v) is 1.85. The minimum atomic E-state index is -0.823. The third-order valence-electron chi connectivity index (χ3n) is 2.52. The molecule has 0 aliphatic heterocycles. The van der Waals surface area contributed by atoms with Gasteiger partial charge in [0.25, 0.3) is 0 Å². The largest absolute Gasteiger partial charge is 0.481 e. The maximum atomic E-state index is 11.7. The number of carbonyl (C=O) groups excluding carboxylic acids is 1. The van der Waals surface area contributed by atoms with E-state index < -0.39 is 17.7 Å². The molecule has 0 aliphatic carbocycles. The lowest BCUT2D eigenvalue weighted by Gasteiger charge is -2.20. The van der Waals surface area contributed by atoms with Crippen molar-refractivity contribution in [2.24, 2.45) is 0 Å². The Morgan fingerprint density at radius 3 is 2.57 bits per heavy atom. The van der Waals surface area contributed by atoms with E-state index >= 15 is 0 Å². The zero-order chi connectivity index (χ0) is 16.0. The highest BCUT2D eigenvalue weighted by molar-refractivity contribution is 6.33. The molecule has 0 saturated heterocycles. The Morgan fingerprint density at radius 1 is 1.33 bits per heavy atom. The van der Waals surface area contributed by atoms with Gasteiger partial charge in [-0.2, -0.15) is 0 Å². The summed E-state index contributed by atoms with van der Waals surface area (Å²) in [7, 11) is 0. The van der Waals surface area contributed by atoms with E-state index in [0.717, 1.165) is 5.56 Å². The first kappa shape index (κ1) is 17.3. The summed E-state index contributed by atoms with van der Waals surface area (Å²) in [6.45, 7) is 5.32. The number of carboxylic acid groups (broad SMARTS) is 1. The number of amides is 1. The Labute approximate surface area is 129 Å². The van der Waals surface area contributed by atoms with E-state index in [2.05, 4.69) is 5.32 Å². The van der Waals surface area contributed by atoms with Crippen molar-refractivity contribution >= 4 is 29.4 Å². The first-order valence-electron chi connectivity index (χ1n) is 6.67. The van der Waals surface area contributed by atoms with Gasteiger partial charge < -0.3 is 9.84 Å². The summed E-state index contributed by atoms with van der Waals surface area (Å²) in [5, 5.41) is 11.6. The van der Waals surface area contributed by atoms with Crippen LogP contribution >= 0.6 is 11.6 Å². The Bertz CT molecular complexity index is 523. The van der Waals surface area contributed by atoms with Crippen LogP contribution in [0.15, 0.2) is 18.2 Å². The number of carboxylic acids is 1. The van der Waals surface area contributed by atoms with Gasteiger partial charge in [0.2, 0.25) is 0 Å². The average Bonchev–Trinajstić information content (AvgIpc) is 2.30. The summed E-state index contributed by atoms with van der Waals surface area (Å²) in [6, 6.07) is 5.21. The van der Waals surface area contributed by atoms with Crippen molar-refractivity contribution in [3.8, 4) is 0 Å². The quantitative estimate of drug-likeness (QED) is 0.858. The summed E-state index contributed by atoms with van der Waals surface area (Å²) in [6.07, 6.45) is 0.666. The molecule has 6 heteroatoms. The number of carbonyl (C=O) groups is 2. The van der Waals surface area contributed by atoms with Crippen molar-refractivity contribution in [1.82, 2.24) is 0 Å². The minimum Gasteiger partial charge on any atom is -0.481 e. The molecule has 1 aromatic rings. The summed E-state index contributed by atoms with van der Waals surface area (Å²) in [4.78, 5) is 22.2. The van der Waals surface area contributed by atoms with Crippen LogP contribution in [0.25, 0.3) is 0 Å². The summed E-state index contributed by atoms with van der Waals surface area (Å²) in [5.41, 5.74) is 0.779. The molecule has 1 aromatic carbocycles. The molecular formula is C15H20ClNO4. The molecule has 21 heavy (non-hydrogen) atoms. The Hall–Kier alpha value is -1.75. The van der Waals surface area contributed by atoms with Crippen LogP contribution in [-0.4, -0.2) is 22.8 Å². The SMILES string of the molecule is CC(C)(C)OC(=O)Nc1cc(CCCC(=O)O)ccc1Cl. The zero-order valence-corrected chi connectivity index (χ0v) is 13.2. The van der Waals surface area contributed by atoms with Crippen molar-refractivity contribution in [3.63, 3.8) is 0 Å². The van der Waals surface area contributed by atoms with Crippen LogP contribution in [0.4, 0.5) is 10.5 Å². The highest BCUT2D eigenvalue weighted by atomic mass is 35.5. The van der Waals surface area contributed by atoms with Gasteiger partial charge in [-0.25, -0.2) is 4.79 Å². The molecule has 1 rings (SSSR count). The second kappa shape index (κ2) is 7.31. The maximum absolute atomic E-state index is 11.7. The number of aryl methyl sites for hydroxylation is 1. The normalized spacial score (nSPS) is 11.0. The van der Waals surface area contributed by atoms with E-state index in [-0.39, 0.29) is 6.42 Å². The summed E-state index contributed by atoms with van der Waals surface area (Å²) in [5.74, 6) is -0.823. The van der Waals surface area contributed by atoms with Crippen LogP contribution in [0.3, 0.4) is 0 Å². The van der Waals surface area contributed by atoms with Crippen LogP contribution in [0.1, 0.15) is 39.2 Å². The molecule has 116 valence electrons. The number of halogens is 1. The van der Waals surface area contributed by atoms with Gasteiger partial charge in [-0.15, -0.1) is 0 Å². The van der Waals surface area contributed by atoms with Gasteiger partial charge in [0, 0.05) is 6.42 Å². The van der Waals surface area contributed by atoms with Gasteiger partial charge in [-0.1, -0.05) is 17.7 Å². The third-order valence-corrected chi connectivity index (χ3v) is 2.85. The predicted molar refractivity (Wildman–Crippen MR) is 81.9 cm³/mol. The molecule has 0 radical (unpaired) electrons. The van der Waals surface area contributed by atoms with Gasteiger partial charge in [0.15, 0.2) is 0 Å². The van der Waals surface area contributed by atoms with Crippen molar-refractivity contribution in [1.29, 1.82) is 0 Å². The number of anilines is 1. The topological polar surface area (TPSA) is 75.6 Å². The number of benzene rings is 1. The van der Waals surface area contributed by atoms with E-state index in [0.29, 0.717) is 23.6 Å². The molecule has 0 fully saturated rings. The second-order valence-electron chi connectivity index (χ2n) is 5.69. The van der Waals surface area contributed by atoms with E-state index in [1.807, 2.05) is 6.07 Å². The number of rotatable bonds is 5. The van der Waals surface area contributed by atoms with Crippen LogP contribution in [0, 0.1) is 0 Å². The molecule has 0 aromatic heterocycles. The summed E-state index contributed by atoms with van der Waals surface area (Å²) < 4.78 is 5.16. The van der Waals surface area contributed by atoms with Crippen LogP contribution in [0.5, 0.6) is 0 Å². The number of nitrogens with one attached hydrogen (secondary N) is 1. The fourth-order valence-electron chi connectivity index (χ4n) is 1.68. The van der Waals surface area contributed by atoms with Crippen molar-refractivity contribution < 1.29 is 19.4 Å². The van der Waals surface area contributed by atoms with Crippen LogP contribution in [0.2, 0.25) is 5.02 Å². The van der Waals surface area contributed by atoms with Gasteiger partial charge >= 0.3 is 12.1 Å². The number of aliphatic carboxylic acids is 1. The van der Waals surface area contributed by atoms with E-state index in [9.17, 15) is 9.59 Å². The lowest BCUT2D eigenvalue weighted by atomic mass is 10.1. The molecule has 0 saturated carbocycles. The van der Waals surface area contributed by atoms with Gasteiger partial charge in [0.1, 0.15) is 5.60 Å². The maximum Gasteiger partial charge on any atom is 0.412 e. The molecule has 0 heterocycles. The zero-order valence-electron chi connectivity index (χ0n) is 12.4. The highest BCUT2D eigenvalue weighted by Crippen LogP contribution is 2.24. The third kappa shape index (κ3) is 6.99. The van der Waals surface area contributed by atoms with E-state index in [1.165, 1.54) is 0 Å². The smallest absolute Gasteiger partial charge is 0.412 e. The second-order valence-corrected chi connectivity index (χ2v) is 6.10. The van der Waals surface area contributed by atoms with Gasteiger partial charge in [0.05, 0.1) is 10.7 Å². The standard InChI is InChI=1S/C15H20ClNO4/c1-15(2,3)21-14(20)17-12-9-10(7-8-11(12)16)5-4-6-13(18)19/h7-9H,4-6H2,1-3H3,(H,17,20)(H,18,19). The predicted octanol–water partition coefficient (Wildman–Crippen LogP) is 4.09. The molecule has 0 unspecified atom stereocenters. The Kier molecular flexibility index (Phi) is 6.03. The summed E-state index contributed by atoms with van der Waals surface area (Å²) >= 11 is 6.03. The van der Waals surface area contributed by atoms with Gasteiger partial charge in [-0.3, -0.25) is 10.1 Å². The van der Waals surface area contributed by atoms with Crippen LogP contribution < -0.4 is 5.32 Å². The van der Waals surface area contributed by atoms with Crippen molar-refractivity contribution in [2.75, 3.05) is 5.32 Å². The number of ether oxygens (including phenoxy) is 1. The molecular weight excluding hydrogens is 294 g/mol. The first-order chi connectivity index (χ1) is 9.67. The molecule has 5 nitrogen and oxygen atoms in total. The lowest BCUT2D eigenvalue weighted by molar-refractivity contribution is -0.137. The van der Waals surface area contributed by atoms with Crippen molar-refractivity contribution in [3.05, 3.63) is 28.8 Å². The van der Waals surface area contributed by atoms with Gasteiger partial charge in [-0.05, 0) is 51.3 Å². The first-order valence-corrected chi connectivity index (χ1v) is 7.05. The molecule has 0 spiro atoms. The Morgan fingerprint density at radius 2 is 2.00 bits per heavy atom. The molecule has 1 amide bonds.